The fraction of sp³-hybridized carbons (Fsp3) is 0.111. The third-order valence-electron chi connectivity index (χ3n) is 3.61. The summed E-state index contributed by atoms with van der Waals surface area (Å²) < 4.78 is 6.73. The number of hydrogen-bond donors (Lipinski definition) is 0. The summed E-state index contributed by atoms with van der Waals surface area (Å²) in [6, 6.07) is 12.7. The Bertz CT molecular complexity index is 951. The minimum absolute atomic E-state index is 0.439. The summed E-state index contributed by atoms with van der Waals surface area (Å²) >= 11 is 18.8. The Morgan fingerprint density at radius 1 is 1.08 bits per heavy atom. The van der Waals surface area contributed by atoms with Crippen molar-refractivity contribution in [1.82, 2.24) is 9.78 Å². The number of para-hydroxylation sites is 1. The summed E-state index contributed by atoms with van der Waals surface area (Å²) in [5.41, 5.74) is 2.86. The summed E-state index contributed by atoms with van der Waals surface area (Å²) in [7, 11) is 1.57. The van der Waals surface area contributed by atoms with Gasteiger partial charge in [0.25, 0.3) is 0 Å². The summed E-state index contributed by atoms with van der Waals surface area (Å²) in [6.07, 6.45) is 1.66. The highest BCUT2D eigenvalue weighted by atomic mass is 35.5. The maximum Gasteiger partial charge on any atom is 0.141 e. The van der Waals surface area contributed by atoms with Crippen LogP contribution in [0.4, 0.5) is 5.69 Å². The van der Waals surface area contributed by atoms with Crippen molar-refractivity contribution in [2.24, 2.45) is 4.99 Å². The molecular formula is C18H14Cl3N3O. The van der Waals surface area contributed by atoms with E-state index in [0.717, 1.165) is 5.69 Å². The highest BCUT2D eigenvalue weighted by Crippen LogP contribution is 2.30. The van der Waals surface area contributed by atoms with Crippen molar-refractivity contribution in [2.45, 2.75) is 6.92 Å². The van der Waals surface area contributed by atoms with Crippen molar-refractivity contribution in [2.75, 3.05) is 7.11 Å². The summed E-state index contributed by atoms with van der Waals surface area (Å²) in [5.74, 6) is 0.598. The zero-order valence-corrected chi connectivity index (χ0v) is 15.8. The van der Waals surface area contributed by atoms with Crippen LogP contribution in [0.15, 0.2) is 47.5 Å². The minimum atomic E-state index is 0.439. The quantitative estimate of drug-likeness (QED) is 0.517. The molecule has 0 aliphatic carbocycles. The molecule has 1 aromatic heterocycles. The number of rotatable bonds is 4. The van der Waals surface area contributed by atoms with Gasteiger partial charge in [0.2, 0.25) is 0 Å². The highest BCUT2D eigenvalue weighted by Gasteiger charge is 2.15. The van der Waals surface area contributed by atoms with Crippen molar-refractivity contribution in [1.29, 1.82) is 0 Å². The first-order valence-electron chi connectivity index (χ1n) is 7.39. The van der Waals surface area contributed by atoms with Crippen molar-refractivity contribution < 1.29 is 4.74 Å². The normalized spacial score (nSPS) is 11.2. The number of nitrogens with zero attached hydrogens (tertiary/aromatic N) is 3. The average Bonchev–Trinajstić information content (AvgIpc) is 2.88. The van der Waals surface area contributed by atoms with Crippen LogP contribution in [0.2, 0.25) is 15.2 Å². The molecule has 3 rings (SSSR count). The topological polar surface area (TPSA) is 39.4 Å². The molecule has 0 unspecified atom stereocenters. The molecule has 3 aromatic rings. The molecule has 7 heteroatoms. The van der Waals surface area contributed by atoms with E-state index < -0.39 is 0 Å². The van der Waals surface area contributed by atoms with Crippen LogP contribution < -0.4 is 4.74 Å². The van der Waals surface area contributed by atoms with E-state index in [9.17, 15) is 0 Å². The van der Waals surface area contributed by atoms with Gasteiger partial charge in [0, 0.05) is 6.21 Å². The van der Waals surface area contributed by atoms with Crippen LogP contribution in [0.3, 0.4) is 0 Å². The van der Waals surface area contributed by atoms with Crippen molar-refractivity contribution in [3.8, 4) is 11.4 Å². The zero-order chi connectivity index (χ0) is 18.0. The lowest BCUT2D eigenvalue weighted by atomic mass is 10.2. The van der Waals surface area contributed by atoms with Gasteiger partial charge < -0.3 is 4.74 Å². The van der Waals surface area contributed by atoms with E-state index in [-0.39, 0.29) is 0 Å². The number of aliphatic imine (C=N–C) groups is 1. The second-order valence-electron chi connectivity index (χ2n) is 5.23. The molecule has 0 fully saturated rings. The average molecular weight is 395 g/mol. The number of halogens is 3. The number of aromatic nitrogens is 2. The largest absolute Gasteiger partial charge is 0.495 e. The van der Waals surface area contributed by atoms with Crippen LogP contribution in [0.5, 0.6) is 5.75 Å². The van der Waals surface area contributed by atoms with Crippen LogP contribution in [0, 0.1) is 6.92 Å². The van der Waals surface area contributed by atoms with Crippen LogP contribution in [-0.4, -0.2) is 23.1 Å². The lowest BCUT2D eigenvalue weighted by molar-refractivity contribution is 0.415. The van der Waals surface area contributed by atoms with Crippen LogP contribution in [-0.2, 0) is 0 Å². The predicted molar refractivity (Wildman–Crippen MR) is 104 cm³/mol. The molecule has 0 bridgehead atoms. The van der Waals surface area contributed by atoms with Gasteiger partial charge in [-0.3, -0.25) is 4.99 Å². The number of benzene rings is 2. The monoisotopic (exact) mass is 393 g/mol. The lowest BCUT2D eigenvalue weighted by Gasteiger charge is -2.05. The third kappa shape index (κ3) is 3.66. The van der Waals surface area contributed by atoms with E-state index in [2.05, 4.69) is 10.1 Å². The van der Waals surface area contributed by atoms with Gasteiger partial charge >= 0.3 is 0 Å². The van der Waals surface area contributed by atoms with Gasteiger partial charge in [0.15, 0.2) is 0 Å². The van der Waals surface area contributed by atoms with Gasteiger partial charge in [0.1, 0.15) is 10.9 Å². The molecule has 0 saturated heterocycles. The van der Waals surface area contributed by atoms with Crippen molar-refractivity contribution in [3.63, 3.8) is 0 Å². The standard InChI is InChI=1S/C18H14Cl3N3O/c1-11-13(10-22-12-7-8-17(25-2)15(20)9-12)18(21)24(23-11)16-6-4-3-5-14(16)19/h3-10H,1-2H3. The summed E-state index contributed by atoms with van der Waals surface area (Å²) in [4.78, 5) is 4.43. The molecule has 25 heavy (non-hydrogen) atoms. The fourth-order valence-electron chi connectivity index (χ4n) is 2.32. The first-order chi connectivity index (χ1) is 12.0. The Balaban J connectivity index is 1.96. The van der Waals surface area contributed by atoms with Crippen LogP contribution in [0.25, 0.3) is 5.69 Å². The van der Waals surface area contributed by atoms with E-state index >= 15 is 0 Å². The maximum atomic E-state index is 6.49. The van der Waals surface area contributed by atoms with E-state index in [1.165, 1.54) is 0 Å². The maximum absolute atomic E-state index is 6.49. The predicted octanol–water partition coefficient (Wildman–Crippen LogP) is 5.90. The fourth-order valence-corrected chi connectivity index (χ4v) is 3.10. The van der Waals surface area contributed by atoms with E-state index in [4.69, 9.17) is 39.5 Å². The van der Waals surface area contributed by atoms with Gasteiger partial charge in [-0.2, -0.15) is 5.10 Å². The van der Waals surface area contributed by atoms with E-state index in [1.807, 2.05) is 31.2 Å². The molecule has 2 aromatic carbocycles. The Morgan fingerprint density at radius 2 is 1.84 bits per heavy atom. The van der Waals surface area contributed by atoms with Gasteiger partial charge in [-0.05, 0) is 37.3 Å². The Morgan fingerprint density at radius 3 is 2.52 bits per heavy atom. The SMILES string of the molecule is COc1ccc(N=Cc2c(C)nn(-c3ccccc3Cl)c2Cl)cc1Cl. The first-order valence-corrected chi connectivity index (χ1v) is 8.52. The smallest absolute Gasteiger partial charge is 0.141 e. The molecule has 128 valence electrons. The molecule has 0 radical (unpaired) electrons. The Labute approximate surface area is 160 Å². The van der Waals surface area contributed by atoms with Crippen molar-refractivity contribution >= 4 is 46.7 Å². The molecule has 0 amide bonds. The molecule has 1 heterocycles. The highest BCUT2D eigenvalue weighted by molar-refractivity contribution is 6.34. The van der Waals surface area contributed by atoms with E-state index in [0.29, 0.717) is 37.9 Å². The lowest BCUT2D eigenvalue weighted by Crippen LogP contribution is -1.97. The number of hydrogen-bond acceptors (Lipinski definition) is 3. The zero-order valence-electron chi connectivity index (χ0n) is 13.5. The Hall–Kier alpha value is -2.01. The molecular weight excluding hydrogens is 381 g/mol. The number of ether oxygens (including phenoxy) is 1. The molecule has 0 saturated carbocycles. The number of methoxy groups -OCH3 is 1. The van der Waals surface area contributed by atoms with Gasteiger partial charge in [-0.1, -0.05) is 46.9 Å². The first kappa shape index (κ1) is 17.8. The molecule has 4 nitrogen and oxygen atoms in total. The Kier molecular flexibility index (Phi) is 5.33. The number of aryl methyl sites for hydroxylation is 1. The second-order valence-corrected chi connectivity index (χ2v) is 6.40. The molecule has 0 spiro atoms. The third-order valence-corrected chi connectivity index (χ3v) is 4.59. The van der Waals surface area contributed by atoms with Crippen LogP contribution in [0.1, 0.15) is 11.3 Å². The summed E-state index contributed by atoms with van der Waals surface area (Å²) in [5, 5.41) is 5.96. The van der Waals surface area contributed by atoms with Crippen molar-refractivity contribution in [3.05, 3.63) is 68.9 Å². The van der Waals surface area contributed by atoms with Gasteiger partial charge in [-0.15, -0.1) is 0 Å². The van der Waals surface area contributed by atoms with E-state index in [1.54, 1.807) is 36.2 Å². The minimum Gasteiger partial charge on any atom is -0.495 e. The van der Waals surface area contributed by atoms with Gasteiger partial charge in [-0.25, -0.2) is 4.68 Å². The second kappa shape index (κ2) is 7.48. The molecule has 0 aliphatic rings. The molecule has 0 aliphatic heterocycles. The molecule has 0 atom stereocenters. The molecule has 0 N–H and O–H groups in total. The van der Waals surface area contributed by atoms with Gasteiger partial charge in [0.05, 0.1) is 39.8 Å². The summed E-state index contributed by atoms with van der Waals surface area (Å²) in [6.45, 7) is 1.86. The van der Waals surface area contributed by atoms with Crippen LogP contribution >= 0.6 is 34.8 Å².